The molecule has 3 rings (SSSR count). The number of halogens is 2. The number of benzene rings is 3. The zero-order chi connectivity index (χ0) is 21.5. The average Bonchev–Trinajstić information content (AvgIpc) is 2.73. The number of hydrogen-bond acceptors (Lipinski definition) is 3. The van der Waals surface area contributed by atoms with E-state index >= 15 is 0 Å². The van der Waals surface area contributed by atoms with E-state index in [0.29, 0.717) is 17.9 Å². The van der Waals surface area contributed by atoms with E-state index in [2.05, 4.69) is 26.6 Å². The zero-order valence-electron chi connectivity index (χ0n) is 16.9. The molecule has 0 saturated carbocycles. The third kappa shape index (κ3) is 6.07. The Morgan fingerprint density at radius 3 is 2.53 bits per heavy atom. The Labute approximate surface area is 184 Å². The second kappa shape index (κ2) is 10.3. The van der Waals surface area contributed by atoms with Crippen LogP contribution in [0.15, 0.2) is 71.2 Å². The molecule has 30 heavy (non-hydrogen) atoms. The summed E-state index contributed by atoms with van der Waals surface area (Å²) in [6, 6.07) is 19.9. The van der Waals surface area contributed by atoms with Crippen LogP contribution in [0.2, 0.25) is 0 Å². The lowest BCUT2D eigenvalue weighted by molar-refractivity contribution is -0.118. The Hall–Kier alpha value is -2.86. The lowest BCUT2D eigenvalue weighted by atomic mass is 10.1. The van der Waals surface area contributed by atoms with Crippen molar-refractivity contribution in [2.24, 2.45) is 5.92 Å². The molecule has 0 radical (unpaired) electrons. The summed E-state index contributed by atoms with van der Waals surface area (Å²) in [5.74, 6) is 0.285. The smallest absolute Gasteiger partial charge is 0.226 e. The van der Waals surface area contributed by atoms with Crippen LogP contribution < -0.4 is 15.4 Å². The van der Waals surface area contributed by atoms with Gasteiger partial charge in [-0.05, 0) is 42.5 Å². The van der Waals surface area contributed by atoms with Crippen molar-refractivity contribution >= 4 is 33.2 Å². The van der Waals surface area contributed by atoms with Crippen LogP contribution in [0, 0.1) is 11.7 Å². The Kier molecular flexibility index (Phi) is 7.46. The Balaban J connectivity index is 1.69. The molecule has 0 aliphatic heterocycles. The molecule has 0 aliphatic rings. The second-order valence-corrected chi connectivity index (χ2v) is 8.13. The van der Waals surface area contributed by atoms with Crippen LogP contribution in [0.3, 0.4) is 0 Å². The average molecular weight is 471 g/mol. The summed E-state index contributed by atoms with van der Waals surface area (Å²) in [5, 5.41) is 6.25. The number of rotatable bonds is 8. The van der Waals surface area contributed by atoms with Gasteiger partial charge in [0.15, 0.2) is 0 Å². The predicted molar refractivity (Wildman–Crippen MR) is 122 cm³/mol. The molecule has 4 nitrogen and oxygen atoms in total. The van der Waals surface area contributed by atoms with Crippen molar-refractivity contribution in [1.29, 1.82) is 0 Å². The molecule has 0 heterocycles. The van der Waals surface area contributed by atoms with Gasteiger partial charge in [-0.25, -0.2) is 4.39 Å². The van der Waals surface area contributed by atoms with E-state index in [-0.39, 0.29) is 24.2 Å². The molecule has 3 aromatic rings. The first-order chi connectivity index (χ1) is 14.4. The fourth-order valence-corrected chi connectivity index (χ4v) is 3.20. The predicted octanol–water partition coefficient (Wildman–Crippen LogP) is 6.37. The van der Waals surface area contributed by atoms with Crippen molar-refractivity contribution in [3.05, 3.63) is 88.1 Å². The van der Waals surface area contributed by atoms with E-state index in [9.17, 15) is 9.18 Å². The van der Waals surface area contributed by atoms with Crippen LogP contribution >= 0.6 is 15.9 Å². The minimum Gasteiger partial charge on any atom is -0.488 e. The monoisotopic (exact) mass is 470 g/mol. The number of carbonyl (C=O) groups is 1. The largest absolute Gasteiger partial charge is 0.488 e. The van der Waals surface area contributed by atoms with Gasteiger partial charge in [-0.2, -0.15) is 0 Å². The van der Waals surface area contributed by atoms with Gasteiger partial charge in [-0.1, -0.05) is 54.0 Å². The first-order valence-corrected chi connectivity index (χ1v) is 10.5. The van der Waals surface area contributed by atoms with Gasteiger partial charge in [0, 0.05) is 39.4 Å². The summed E-state index contributed by atoms with van der Waals surface area (Å²) in [5.41, 5.74) is 3.05. The van der Waals surface area contributed by atoms with Gasteiger partial charge in [-0.3, -0.25) is 4.79 Å². The number of anilines is 2. The molecule has 0 unspecified atom stereocenters. The summed E-state index contributed by atoms with van der Waals surface area (Å²) < 4.78 is 20.7. The number of carbonyl (C=O) groups excluding carboxylic acids is 1. The van der Waals surface area contributed by atoms with Crippen molar-refractivity contribution in [2.45, 2.75) is 27.0 Å². The topological polar surface area (TPSA) is 50.4 Å². The van der Waals surface area contributed by atoms with Crippen molar-refractivity contribution in [3.63, 3.8) is 0 Å². The number of nitrogens with one attached hydrogen (secondary N) is 2. The highest BCUT2D eigenvalue weighted by Crippen LogP contribution is 2.26. The molecule has 6 heteroatoms. The van der Waals surface area contributed by atoms with Crippen molar-refractivity contribution in [1.82, 2.24) is 0 Å². The standard InChI is InChI=1S/C24H24BrFN2O2/c1-16(2)24(29)28-21-8-5-7-20(13-21)27-14-18-12-19(25)10-11-23(18)30-15-17-6-3-4-9-22(17)26/h3-13,16,27H,14-15H2,1-2H3,(H,28,29). The highest BCUT2D eigenvalue weighted by molar-refractivity contribution is 9.10. The molecular formula is C24H24BrFN2O2. The Morgan fingerprint density at radius 1 is 1.00 bits per heavy atom. The van der Waals surface area contributed by atoms with Gasteiger partial charge in [0.2, 0.25) is 5.91 Å². The highest BCUT2D eigenvalue weighted by Gasteiger charge is 2.09. The second-order valence-electron chi connectivity index (χ2n) is 7.21. The molecule has 3 aromatic carbocycles. The molecular weight excluding hydrogens is 447 g/mol. The van der Waals surface area contributed by atoms with Gasteiger partial charge >= 0.3 is 0 Å². The SMILES string of the molecule is CC(C)C(=O)Nc1cccc(NCc2cc(Br)ccc2OCc2ccccc2F)c1. The quantitative estimate of drug-likeness (QED) is 0.401. The highest BCUT2D eigenvalue weighted by atomic mass is 79.9. The zero-order valence-corrected chi connectivity index (χ0v) is 18.5. The number of amides is 1. The lowest BCUT2D eigenvalue weighted by Crippen LogP contribution is -2.17. The van der Waals surface area contributed by atoms with Crippen molar-refractivity contribution in [3.8, 4) is 5.75 Å². The Morgan fingerprint density at radius 2 is 1.77 bits per heavy atom. The molecule has 0 bridgehead atoms. The first-order valence-electron chi connectivity index (χ1n) is 9.72. The van der Waals surface area contributed by atoms with Gasteiger partial charge in [0.05, 0.1) is 0 Å². The third-order valence-electron chi connectivity index (χ3n) is 4.50. The van der Waals surface area contributed by atoms with E-state index in [4.69, 9.17) is 4.74 Å². The summed E-state index contributed by atoms with van der Waals surface area (Å²) in [7, 11) is 0. The third-order valence-corrected chi connectivity index (χ3v) is 4.99. The van der Waals surface area contributed by atoms with Gasteiger partial charge in [0.25, 0.3) is 0 Å². The molecule has 0 spiro atoms. The summed E-state index contributed by atoms with van der Waals surface area (Å²) in [6.07, 6.45) is 0. The maximum Gasteiger partial charge on any atom is 0.226 e. The van der Waals surface area contributed by atoms with Gasteiger partial charge < -0.3 is 15.4 Å². The molecule has 0 atom stereocenters. The van der Waals surface area contributed by atoms with Gasteiger partial charge in [-0.15, -0.1) is 0 Å². The minimum absolute atomic E-state index is 0.0250. The summed E-state index contributed by atoms with van der Waals surface area (Å²) >= 11 is 3.49. The molecule has 2 N–H and O–H groups in total. The fraction of sp³-hybridized carbons (Fsp3) is 0.208. The van der Waals surface area contributed by atoms with Crippen molar-refractivity contribution < 1.29 is 13.9 Å². The van der Waals surface area contributed by atoms with E-state index in [1.165, 1.54) is 6.07 Å². The van der Waals surface area contributed by atoms with Crippen molar-refractivity contribution in [2.75, 3.05) is 10.6 Å². The normalized spacial score (nSPS) is 10.7. The molecule has 0 fully saturated rings. The summed E-state index contributed by atoms with van der Waals surface area (Å²) in [6.45, 7) is 4.37. The van der Waals surface area contributed by atoms with Crippen LogP contribution in [-0.4, -0.2) is 5.91 Å². The van der Waals surface area contributed by atoms with E-state index in [1.54, 1.807) is 18.2 Å². The van der Waals surface area contributed by atoms with Gasteiger partial charge in [0.1, 0.15) is 18.2 Å². The molecule has 0 aliphatic carbocycles. The maximum atomic E-state index is 13.9. The van der Waals surface area contributed by atoms with Crippen LogP contribution in [0.4, 0.5) is 15.8 Å². The molecule has 0 aromatic heterocycles. The van der Waals surface area contributed by atoms with Crippen LogP contribution in [-0.2, 0) is 17.9 Å². The Bertz CT molecular complexity index is 1020. The van der Waals surface area contributed by atoms with Crippen LogP contribution in [0.1, 0.15) is 25.0 Å². The molecule has 0 saturated heterocycles. The summed E-state index contributed by atoms with van der Waals surface area (Å²) in [4.78, 5) is 11.9. The van der Waals surface area contributed by atoms with Crippen LogP contribution in [0.5, 0.6) is 5.75 Å². The minimum atomic E-state index is -0.283. The lowest BCUT2D eigenvalue weighted by Gasteiger charge is -2.15. The molecule has 1 amide bonds. The van der Waals surface area contributed by atoms with E-state index < -0.39 is 0 Å². The fourth-order valence-electron chi connectivity index (χ4n) is 2.79. The van der Waals surface area contributed by atoms with Crippen LogP contribution in [0.25, 0.3) is 0 Å². The number of ether oxygens (including phenoxy) is 1. The maximum absolute atomic E-state index is 13.9. The number of hydrogen-bond donors (Lipinski definition) is 2. The van der Waals surface area contributed by atoms with E-state index in [0.717, 1.165) is 21.4 Å². The van der Waals surface area contributed by atoms with E-state index in [1.807, 2.05) is 56.3 Å². The molecule has 156 valence electrons. The first kappa shape index (κ1) is 21.8.